The molecule has 0 aliphatic heterocycles. The second-order valence-electron chi connectivity index (χ2n) is 4.03. The van der Waals surface area contributed by atoms with Gasteiger partial charge in [-0.3, -0.25) is 0 Å². The van der Waals surface area contributed by atoms with Gasteiger partial charge >= 0.3 is 12.0 Å². The number of aryl methyl sites for hydroxylation is 1. The number of nitrogen functional groups attached to an aromatic ring is 1. The summed E-state index contributed by atoms with van der Waals surface area (Å²) < 4.78 is 11.7. The number of anilines is 1. The quantitative estimate of drug-likeness (QED) is 0.862. The van der Waals surface area contributed by atoms with E-state index in [1.54, 1.807) is 4.68 Å². The van der Waals surface area contributed by atoms with E-state index >= 15 is 0 Å². The third-order valence-corrected chi connectivity index (χ3v) is 2.91. The SMILES string of the molecule is CCc1nn(-c2nc(OC)nc(OC)n2)c(CC)c1N. The van der Waals surface area contributed by atoms with Gasteiger partial charge in [0.25, 0.3) is 5.95 Å². The first-order valence-electron chi connectivity index (χ1n) is 6.35. The molecule has 8 nitrogen and oxygen atoms in total. The van der Waals surface area contributed by atoms with Crippen LogP contribution in [0.1, 0.15) is 25.2 Å². The van der Waals surface area contributed by atoms with Crippen LogP contribution in [0.2, 0.25) is 0 Å². The van der Waals surface area contributed by atoms with Crippen molar-refractivity contribution in [1.82, 2.24) is 24.7 Å². The molecular weight excluding hydrogens is 260 g/mol. The number of ether oxygens (including phenoxy) is 2. The molecule has 0 fully saturated rings. The maximum Gasteiger partial charge on any atom is 0.324 e. The van der Waals surface area contributed by atoms with Crippen LogP contribution in [0.15, 0.2) is 0 Å². The van der Waals surface area contributed by atoms with Crippen LogP contribution in [0.5, 0.6) is 12.0 Å². The Bertz CT molecular complexity index is 588. The van der Waals surface area contributed by atoms with Crippen molar-refractivity contribution < 1.29 is 9.47 Å². The molecule has 8 heteroatoms. The molecule has 0 radical (unpaired) electrons. The van der Waals surface area contributed by atoms with Crippen LogP contribution in [0.25, 0.3) is 5.95 Å². The Morgan fingerprint density at radius 2 is 1.60 bits per heavy atom. The number of nitrogens with two attached hydrogens (primary N) is 1. The molecule has 2 rings (SSSR count). The summed E-state index contributed by atoms with van der Waals surface area (Å²) in [5.74, 6) is 0.331. The molecule has 20 heavy (non-hydrogen) atoms. The number of nitrogens with zero attached hydrogens (tertiary/aromatic N) is 5. The molecule has 2 N–H and O–H groups in total. The molecule has 0 atom stereocenters. The van der Waals surface area contributed by atoms with Crippen molar-refractivity contribution >= 4 is 5.69 Å². The van der Waals surface area contributed by atoms with E-state index in [2.05, 4.69) is 20.1 Å². The van der Waals surface area contributed by atoms with Crippen molar-refractivity contribution in [2.45, 2.75) is 26.7 Å². The highest BCUT2D eigenvalue weighted by Gasteiger charge is 2.18. The van der Waals surface area contributed by atoms with Gasteiger partial charge in [-0.2, -0.15) is 15.1 Å². The lowest BCUT2D eigenvalue weighted by molar-refractivity contribution is 0.338. The Morgan fingerprint density at radius 1 is 1.00 bits per heavy atom. The molecule has 108 valence electrons. The first-order valence-corrected chi connectivity index (χ1v) is 6.35. The van der Waals surface area contributed by atoms with Crippen molar-refractivity contribution in [3.63, 3.8) is 0 Å². The van der Waals surface area contributed by atoms with E-state index < -0.39 is 0 Å². The summed E-state index contributed by atoms with van der Waals surface area (Å²) in [6, 6.07) is 0.335. The molecule has 0 unspecified atom stereocenters. The third-order valence-electron chi connectivity index (χ3n) is 2.91. The molecule has 2 aromatic rings. The number of methoxy groups -OCH3 is 2. The highest BCUT2D eigenvalue weighted by molar-refractivity contribution is 5.50. The predicted octanol–water partition coefficient (Wildman–Crippen LogP) is 0.781. The second kappa shape index (κ2) is 5.72. The summed E-state index contributed by atoms with van der Waals surface area (Å²) in [6.45, 7) is 4.00. The molecule has 0 aliphatic carbocycles. The summed E-state index contributed by atoms with van der Waals surface area (Å²) in [6.07, 6.45) is 1.46. The van der Waals surface area contributed by atoms with Crippen LogP contribution in [-0.2, 0) is 12.8 Å². The fourth-order valence-corrected chi connectivity index (χ4v) is 1.89. The zero-order chi connectivity index (χ0) is 14.7. The summed E-state index contributed by atoms with van der Waals surface area (Å²) >= 11 is 0. The van der Waals surface area contributed by atoms with Gasteiger partial charge in [0.05, 0.1) is 31.3 Å². The lowest BCUT2D eigenvalue weighted by Gasteiger charge is -2.07. The zero-order valence-electron chi connectivity index (χ0n) is 12.0. The Balaban J connectivity index is 2.61. The van der Waals surface area contributed by atoms with Gasteiger partial charge in [0.2, 0.25) is 0 Å². The third kappa shape index (κ3) is 2.36. The summed E-state index contributed by atoms with van der Waals surface area (Å²) in [7, 11) is 2.96. The second-order valence-corrected chi connectivity index (χ2v) is 4.03. The first-order chi connectivity index (χ1) is 9.64. The van der Waals surface area contributed by atoms with Crippen LogP contribution in [-0.4, -0.2) is 39.0 Å². The largest absolute Gasteiger partial charge is 0.467 e. The minimum atomic E-state index is 0.168. The number of hydrogen-bond acceptors (Lipinski definition) is 7. The van der Waals surface area contributed by atoms with E-state index in [1.807, 2.05) is 13.8 Å². The molecule has 0 aliphatic rings. The minimum Gasteiger partial charge on any atom is -0.467 e. The number of rotatable bonds is 5. The summed E-state index contributed by atoms with van der Waals surface area (Å²) in [5, 5.41) is 4.45. The van der Waals surface area contributed by atoms with E-state index in [4.69, 9.17) is 15.2 Å². The van der Waals surface area contributed by atoms with Gasteiger partial charge in [-0.05, 0) is 12.8 Å². The summed E-state index contributed by atoms with van der Waals surface area (Å²) in [4.78, 5) is 12.3. The van der Waals surface area contributed by atoms with Crippen molar-refractivity contribution in [3.05, 3.63) is 11.4 Å². The van der Waals surface area contributed by atoms with Crippen LogP contribution >= 0.6 is 0 Å². The summed E-state index contributed by atoms with van der Waals surface area (Å²) in [5.41, 5.74) is 8.44. The average molecular weight is 278 g/mol. The lowest BCUT2D eigenvalue weighted by Crippen LogP contribution is -2.10. The highest BCUT2D eigenvalue weighted by atomic mass is 16.5. The van der Waals surface area contributed by atoms with Crippen LogP contribution in [0, 0.1) is 0 Å². The number of hydrogen-bond donors (Lipinski definition) is 1. The highest BCUT2D eigenvalue weighted by Crippen LogP contribution is 2.22. The number of aromatic nitrogens is 5. The van der Waals surface area contributed by atoms with E-state index in [0.717, 1.165) is 24.2 Å². The van der Waals surface area contributed by atoms with Crippen LogP contribution in [0.3, 0.4) is 0 Å². The normalized spacial score (nSPS) is 10.6. The van der Waals surface area contributed by atoms with Crippen molar-refractivity contribution in [2.24, 2.45) is 0 Å². The molecule has 0 aromatic carbocycles. The van der Waals surface area contributed by atoms with Gasteiger partial charge in [0.15, 0.2) is 0 Å². The first kappa shape index (κ1) is 14.0. The van der Waals surface area contributed by atoms with Crippen molar-refractivity contribution in [2.75, 3.05) is 20.0 Å². The van der Waals surface area contributed by atoms with Crippen molar-refractivity contribution in [1.29, 1.82) is 0 Å². The van der Waals surface area contributed by atoms with Crippen LogP contribution < -0.4 is 15.2 Å². The standard InChI is InChI=1S/C12H18N6O2/c1-5-7-9(13)8(6-2)18(17-7)10-14-11(19-3)16-12(15-10)20-4/h5-6,13H2,1-4H3. The average Bonchev–Trinajstić information content (AvgIpc) is 2.82. The van der Waals surface area contributed by atoms with Crippen molar-refractivity contribution in [3.8, 4) is 18.0 Å². The Hall–Kier alpha value is -2.38. The van der Waals surface area contributed by atoms with Gasteiger partial charge in [0, 0.05) is 0 Å². The van der Waals surface area contributed by atoms with E-state index in [-0.39, 0.29) is 12.0 Å². The molecule has 0 saturated heterocycles. The van der Waals surface area contributed by atoms with Gasteiger partial charge in [-0.25, -0.2) is 4.68 Å². The van der Waals surface area contributed by atoms with E-state index in [9.17, 15) is 0 Å². The Morgan fingerprint density at radius 3 is 2.05 bits per heavy atom. The smallest absolute Gasteiger partial charge is 0.324 e. The molecule has 0 amide bonds. The molecule has 0 saturated carbocycles. The molecule has 2 heterocycles. The minimum absolute atomic E-state index is 0.168. The van der Waals surface area contributed by atoms with Gasteiger partial charge < -0.3 is 15.2 Å². The Labute approximate surface area is 117 Å². The van der Waals surface area contributed by atoms with Gasteiger partial charge in [-0.15, -0.1) is 4.98 Å². The fourth-order valence-electron chi connectivity index (χ4n) is 1.89. The van der Waals surface area contributed by atoms with E-state index in [0.29, 0.717) is 11.6 Å². The lowest BCUT2D eigenvalue weighted by atomic mass is 10.2. The molecule has 2 aromatic heterocycles. The Kier molecular flexibility index (Phi) is 4.02. The molecule has 0 spiro atoms. The maximum atomic E-state index is 6.09. The topological polar surface area (TPSA) is 101 Å². The predicted molar refractivity (Wildman–Crippen MR) is 73.2 cm³/mol. The van der Waals surface area contributed by atoms with E-state index in [1.165, 1.54) is 14.2 Å². The van der Waals surface area contributed by atoms with Gasteiger partial charge in [-0.1, -0.05) is 13.8 Å². The monoisotopic (exact) mass is 278 g/mol. The van der Waals surface area contributed by atoms with Crippen LogP contribution in [0.4, 0.5) is 5.69 Å². The molecular formula is C12H18N6O2. The zero-order valence-corrected chi connectivity index (χ0v) is 12.0. The molecule has 0 bridgehead atoms. The maximum absolute atomic E-state index is 6.09. The fraction of sp³-hybridized carbons (Fsp3) is 0.500. The van der Waals surface area contributed by atoms with Gasteiger partial charge in [0.1, 0.15) is 0 Å².